The third kappa shape index (κ3) is 4.25. The summed E-state index contributed by atoms with van der Waals surface area (Å²) in [6.07, 6.45) is 4.95. The number of carbonyl (C=O) groups is 1. The molecule has 1 fully saturated rings. The average molecular weight is 470 g/mol. The SMILES string of the molecule is O=C(/C=C\c1ccc2c(c1)OCO2)N1CCN(c2ncnc3c2nnn3Cc2ccccc2)CC1. The normalized spacial score (nSPS) is 15.3. The lowest BCUT2D eigenvalue weighted by Gasteiger charge is -2.34. The number of benzene rings is 2. The molecule has 0 atom stereocenters. The Morgan fingerprint density at radius 1 is 0.971 bits per heavy atom. The second-order valence-electron chi connectivity index (χ2n) is 8.36. The summed E-state index contributed by atoms with van der Waals surface area (Å²) in [5.74, 6) is 2.15. The van der Waals surface area contributed by atoms with Gasteiger partial charge in [-0.2, -0.15) is 0 Å². The molecule has 0 N–H and O–H groups in total. The molecule has 1 amide bonds. The molecule has 35 heavy (non-hydrogen) atoms. The van der Waals surface area contributed by atoms with E-state index in [1.165, 1.54) is 0 Å². The molecule has 4 heterocycles. The van der Waals surface area contributed by atoms with Crippen LogP contribution in [-0.4, -0.2) is 68.7 Å². The monoisotopic (exact) mass is 469 g/mol. The van der Waals surface area contributed by atoms with Gasteiger partial charge in [-0.15, -0.1) is 5.10 Å². The fourth-order valence-corrected chi connectivity index (χ4v) is 4.30. The Hall–Kier alpha value is -4.47. The van der Waals surface area contributed by atoms with Crippen LogP contribution in [0.2, 0.25) is 0 Å². The molecule has 0 aliphatic carbocycles. The Bertz CT molecular complexity index is 1390. The third-order valence-corrected chi connectivity index (χ3v) is 6.16. The maximum atomic E-state index is 12.8. The van der Waals surface area contributed by atoms with Crippen LogP contribution >= 0.6 is 0 Å². The molecule has 0 bridgehead atoms. The molecule has 10 nitrogen and oxygen atoms in total. The lowest BCUT2D eigenvalue weighted by molar-refractivity contribution is -0.126. The van der Waals surface area contributed by atoms with Crippen molar-refractivity contribution >= 4 is 29.0 Å². The van der Waals surface area contributed by atoms with E-state index in [1.807, 2.05) is 53.4 Å². The summed E-state index contributed by atoms with van der Waals surface area (Å²) in [7, 11) is 0. The van der Waals surface area contributed by atoms with Crippen molar-refractivity contribution in [3.8, 4) is 11.5 Å². The third-order valence-electron chi connectivity index (χ3n) is 6.16. The molecule has 2 aliphatic heterocycles. The predicted molar refractivity (Wildman–Crippen MR) is 129 cm³/mol. The Balaban J connectivity index is 1.11. The number of fused-ring (bicyclic) bond motifs is 2. The molecule has 176 valence electrons. The topological polar surface area (TPSA) is 98.5 Å². The molecular formula is C25H23N7O3. The first-order valence-electron chi connectivity index (χ1n) is 11.4. The minimum Gasteiger partial charge on any atom is -0.454 e. The molecule has 0 radical (unpaired) electrons. The summed E-state index contributed by atoms with van der Waals surface area (Å²) in [5.41, 5.74) is 3.39. The van der Waals surface area contributed by atoms with E-state index in [-0.39, 0.29) is 12.7 Å². The molecule has 2 aliphatic rings. The van der Waals surface area contributed by atoms with Gasteiger partial charge in [0, 0.05) is 32.3 Å². The van der Waals surface area contributed by atoms with Crippen molar-refractivity contribution < 1.29 is 14.3 Å². The van der Waals surface area contributed by atoms with Gasteiger partial charge in [-0.3, -0.25) is 4.79 Å². The van der Waals surface area contributed by atoms with E-state index in [9.17, 15) is 4.79 Å². The maximum Gasteiger partial charge on any atom is 0.246 e. The van der Waals surface area contributed by atoms with Crippen LogP contribution in [0.15, 0.2) is 60.9 Å². The summed E-state index contributed by atoms with van der Waals surface area (Å²) >= 11 is 0. The summed E-state index contributed by atoms with van der Waals surface area (Å²) in [5, 5.41) is 8.68. The molecule has 0 unspecified atom stereocenters. The quantitative estimate of drug-likeness (QED) is 0.411. The van der Waals surface area contributed by atoms with Crippen LogP contribution in [0.1, 0.15) is 11.1 Å². The Morgan fingerprint density at radius 3 is 2.66 bits per heavy atom. The zero-order valence-electron chi connectivity index (χ0n) is 18.9. The number of piperazine rings is 1. The number of anilines is 1. The van der Waals surface area contributed by atoms with Gasteiger partial charge in [0.2, 0.25) is 12.7 Å². The van der Waals surface area contributed by atoms with Gasteiger partial charge in [0.15, 0.2) is 28.5 Å². The fourth-order valence-electron chi connectivity index (χ4n) is 4.30. The molecule has 1 saturated heterocycles. The first-order valence-corrected chi connectivity index (χ1v) is 11.4. The van der Waals surface area contributed by atoms with E-state index < -0.39 is 0 Å². The second kappa shape index (κ2) is 9.05. The number of ether oxygens (including phenoxy) is 2. The second-order valence-corrected chi connectivity index (χ2v) is 8.36. The predicted octanol–water partition coefficient (Wildman–Crippen LogP) is 2.36. The Morgan fingerprint density at radius 2 is 1.80 bits per heavy atom. The highest BCUT2D eigenvalue weighted by molar-refractivity contribution is 5.92. The van der Waals surface area contributed by atoms with Crippen LogP contribution in [0.3, 0.4) is 0 Å². The van der Waals surface area contributed by atoms with Crippen LogP contribution < -0.4 is 14.4 Å². The highest BCUT2D eigenvalue weighted by Gasteiger charge is 2.24. The Kier molecular flexibility index (Phi) is 5.45. The average Bonchev–Trinajstić information content (AvgIpc) is 3.55. The van der Waals surface area contributed by atoms with Gasteiger partial charge in [-0.1, -0.05) is 41.6 Å². The largest absolute Gasteiger partial charge is 0.454 e. The lowest BCUT2D eigenvalue weighted by Crippen LogP contribution is -2.48. The van der Waals surface area contributed by atoms with Crippen molar-refractivity contribution in [1.29, 1.82) is 0 Å². The zero-order chi connectivity index (χ0) is 23.6. The summed E-state index contributed by atoms with van der Waals surface area (Å²) in [4.78, 5) is 25.6. The lowest BCUT2D eigenvalue weighted by atomic mass is 10.2. The highest BCUT2D eigenvalue weighted by atomic mass is 16.7. The van der Waals surface area contributed by atoms with Crippen LogP contribution in [-0.2, 0) is 11.3 Å². The molecule has 2 aromatic heterocycles. The highest BCUT2D eigenvalue weighted by Crippen LogP contribution is 2.32. The molecule has 2 aromatic carbocycles. The van der Waals surface area contributed by atoms with E-state index in [4.69, 9.17) is 9.47 Å². The van der Waals surface area contributed by atoms with Crippen molar-refractivity contribution in [1.82, 2.24) is 29.9 Å². The number of amides is 1. The molecule has 0 saturated carbocycles. The van der Waals surface area contributed by atoms with Crippen LogP contribution in [0.4, 0.5) is 5.82 Å². The van der Waals surface area contributed by atoms with Gasteiger partial charge in [0.1, 0.15) is 6.33 Å². The first-order chi connectivity index (χ1) is 17.2. The van der Waals surface area contributed by atoms with Gasteiger partial charge >= 0.3 is 0 Å². The zero-order valence-corrected chi connectivity index (χ0v) is 18.9. The standard InChI is InChI=1S/C25H23N7O3/c33-22(9-7-18-6-8-20-21(14-18)35-17-34-20)30-10-12-31(13-11-30)24-23-25(27-16-26-24)32(29-28-23)15-19-4-2-1-3-5-19/h1-9,14,16H,10-13,15,17H2/b9-7-. The van der Waals surface area contributed by atoms with Crippen LogP contribution in [0.25, 0.3) is 17.2 Å². The van der Waals surface area contributed by atoms with Gasteiger partial charge in [-0.25, -0.2) is 14.6 Å². The number of rotatable bonds is 5. The smallest absolute Gasteiger partial charge is 0.246 e. The van der Waals surface area contributed by atoms with Crippen molar-refractivity contribution in [2.75, 3.05) is 37.9 Å². The molecule has 4 aromatic rings. The van der Waals surface area contributed by atoms with Crippen molar-refractivity contribution in [3.05, 3.63) is 72.1 Å². The number of hydrogen-bond acceptors (Lipinski definition) is 8. The van der Waals surface area contributed by atoms with Crippen molar-refractivity contribution in [2.45, 2.75) is 6.54 Å². The molecule has 6 rings (SSSR count). The summed E-state index contributed by atoms with van der Waals surface area (Å²) in [6.45, 7) is 3.31. The fraction of sp³-hybridized carbons (Fsp3) is 0.240. The molecule has 0 spiro atoms. The Labute approximate surface area is 201 Å². The first kappa shape index (κ1) is 21.1. The van der Waals surface area contributed by atoms with Gasteiger partial charge in [0.25, 0.3) is 0 Å². The van der Waals surface area contributed by atoms with Crippen LogP contribution in [0.5, 0.6) is 11.5 Å². The maximum absolute atomic E-state index is 12.8. The van der Waals surface area contributed by atoms with E-state index in [2.05, 4.69) is 25.2 Å². The minimum atomic E-state index is -0.0241. The van der Waals surface area contributed by atoms with Crippen LogP contribution in [0, 0.1) is 0 Å². The summed E-state index contributed by atoms with van der Waals surface area (Å²) in [6, 6.07) is 15.7. The number of carbonyl (C=O) groups excluding carboxylic acids is 1. The van der Waals surface area contributed by atoms with E-state index in [0.29, 0.717) is 49.6 Å². The molecule has 10 heteroatoms. The van der Waals surface area contributed by atoms with E-state index in [1.54, 1.807) is 23.2 Å². The number of aromatic nitrogens is 5. The van der Waals surface area contributed by atoms with Crippen molar-refractivity contribution in [2.24, 2.45) is 0 Å². The minimum absolute atomic E-state index is 0.0241. The number of hydrogen-bond donors (Lipinski definition) is 0. The molecular weight excluding hydrogens is 446 g/mol. The van der Waals surface area contributed by atoms with Crippen molar-refractivity contribution in [3.63, 3.8) is 0 Å². The summed E-state index contributed by atoms with van der Waals surface area (Å²) < 4.78 is 12.5. The van der Waals surface area contributed by atoms with Gasteiger partial charge in [-0.05, 0) is 29.3 Å². The van der Waals surface area contributed by atoms with Gasteiger partial charge < -0.3 is 19.3 Å². The number of nitrogens with zero attached hydrogens (tertiary/aromatic N) is 7. The van der Waals surface area contributed by atoms with Gasteiger partial charge in [0.05, 0.1) is 6.54 Å². The van der Waals surface area contributed by atoms with E-state index in [0.717, 1.165) is 22.7 Å². The van der Waals surface area contributed by atoms with E-state index >= 15 is 0 Å².